The van der Waals surface area contributed by atoms with Crippen molar-refractivity contribution in [1.29, 1.82) is 0 Å². The predicted octanol–water partition coefficient (Wildman–Crippen LogP) is 3.66. The number of benzene rings is 2. The van der Waals surface area contributed by atoms with Gasteiger partial charge in [0.05, 0.1) is 6.54 Å². The Kier molecular flexibility index (Phi) is 6.37. The third kappa shape index (κ3) is 5.76. The van der Waals surface area contributed by atoms with Gasteiger partial charge in [0.1, 0.15) is 0 Å². The number of rotatable bonds is 6. The number of nitrogens with two attached hydrogens (primary N) is 1. The summed E-state index contributed by atoms with van der Waals surface area (Å²) in [5.41, 5.74) is 9.78. The molecule has 126 valence electrons. The predicted molar refractivity (Wildman–Crippen MR) is 100 cm³/mol. The van der Waals surface area contributed by atoms with E-state index in [0.29, 0.717) is 18.9 Å². The first-order chi connectivity index (χ1) is 11.6. The molecule has 5 nitrogen and oxygen atoms in total. The minimum absolute atomic E-state index is 0.0266. The van der Waals surface area contributed by atoms with E-state index in [-0.39, 0.29) is 5.91 Å². The molecule has 0 radical (unpaired) electrons. The molecule has 0 fully saturated rings. The van der Waals surface area contributed by atoms with Crippen molar-refractivity contribution in [3.8, 4) is 0 Å². The molecule has 1 amide bonds. The van der Waals surface area contributed by atoms with Gasteiger partial charge in [-0.3, -0.25) is 4.79 Å². The van der Waals surface area contributed by atoms with Crippen molar-refractivity contribution in [1.82, 2.24) is 0 Å². The fourth-order valence-corrected chi connectivity index (χ4v) is 2.20. The van der Waals surface area contributed by atoms with Gasteiger partial charge in [0, 0.05) is 17.8 Å². The van der Waals surface area contributed by atoms with E-state index in [1.54, 1.807) is 0 Å². The van der Waals surface area contributed by atoms with Crippen molar-refractivity contribution in [3.05, 3.63) is 59.7 Å². The lowest BCUT2D eigenvalue weighted by atomic mass is 10.2. The molecule has 5 heteroatoms. The number of aryl methyl sites for hydroxylation is 1. The fourth-order valence-electron chi connectivity index (χ4n) is 2.20. The molecule has 0 saturated heterocycles. The third-order valence-electron chi connectivity index (χ3n) is 3.44. The van der Waals surface area contributed by atoms with Gasteiger partial charge >= 0.3 is 0 Å². The van der Waals surface area contributed by atoms with Gasteiger partial charge in [0.2, 0.25) is 5.91 Å². The Balaban J connectivity index is 1.95. The molecule has 0 aliphatic carbocycles. The molecule has 0 aromatic heterocycles. The van der Waals surface area contributed by atoms with Gasteiger partial charge in [-0.25, -0.2) is 4.99 Å². The van der Waals surface area contributed by atoms with Crippen molar-refractivity contribution in [3.63, 3.8) is 0 Å². The lowest BCUT2D eigenvalue weighted by molar-refractivity contribution is -0.116. The normalized spacial score (nSPS) is 11.2. The van der Waals surface area contributed by atoms with Gasteiger partial charge in [-0.15, -0.1) is 0 Å². The fraction of sp³-hybridized carbons (Fsp3) is 0.263. The van der Waals surface area contributed by atoms with Crippen molar-refractivity contribution in [2.45, 2.75) is 33.2 Å². The van der Waals surface area contributed by atoms with Crippen LogP contribution in [-0.2, 0) is 11.3 Å². The van der Waals surface area contributed by atoms with E-state index >= 15 is 0 Å². The first-order valence-corrected chi connectivity index (χ1v) is 8.09. The molecule has 2 aromatic rings. The average molecular weight is 324 g/mol. The second-order valence-corrected chi connectivity index (χ2v) is 5.69. The summed E-state index contributed by atoms with van der Waals surface area (Å²) in [6, 6.07) is 15.6. The Hall–Kier alpha value is -2.82. The zero-order chi connectivity index (χ0) is 17.4. The van der Waals surface area contributed by atoms with Crippen LogP contribution in [0.5, 0.6) is 0 Å². The standard InChI is InChI=1S/C19H24N4O/c1-3-5-18(24)22-17-7-4-6-15(12-17)13-21-19(20)23-16-10-8-14(2)9-11-16/h4,6-12H,3,5,13H2,1-2H3,(H,22,24)(H3,20,21,23). The molecule has 0 heterocycles. The van der Waals surface area contributed by atoms with E-state index in [1.165, 1.54) is 5.56 Å². The molecule has 24 heavy (non-hydrogen) atoms. The molecule has 0 spiro atoms. The van der Waals surface area contributed by atoms with Crippen LogP contribution in [0.2, 0.25) is 0 Å². The number of guanidine groups is 1. The molecular formula is C19H24N4O. The van der Waals surface area contributed by atoms with Crippen LogP contribution < -0.4 is 16.4 Å². The summed E-state index contributed by atoms with van der Waals surface area (Å²) in [5.74, 6) is 0.387. The molecule has 0 bridgehead atoms. The van der Waals surface area contributed by atoms with Crippen LogP contribution in [0.1, 0.15) is 30.9 Å². The van der Waals surface area contributed by atoms with Crippen LogP contribution in [0.4, 0.5) is 11.4 Å². The van der Waals surface area contributed by atoms with E-state index < -0.39 is 0 Å². The highest BCUT2D eigenvalue weighted by Gasteiger charge is 2.02. The van der Waals surface area contributed by atoms with Gasteiger partial charge in [0.25, 0.3) is 0 Å². The number of hydrogen-bond donors (Lipinski definition) is 3. The number of aliphatic imine (C=N–C) groups is 1. The Morgan fingerprint density at radius 2 is 1.83 bits per heavy atom. The summed E-state index contributed by atoms with van der Waals surface area (Å²) in [7, 11) is 0. The van der Waals surface area contributed by atoms with E-state index in [9.17, 15) is 4.79 Å². The molecule has 0 atom stereocenters. The zero-order valence-corrected chi connectivity index (χ0v) is 14.2. The number of carbonyl (C=O) groups is 1. The second kappa shape index (κ2) is 8.72. The Morgan fingerprint density at radius 1 is 1.08 bits per heavy atom. The highest BCUT2D eigenvalue weighted by atomic mass is 16.1. The second-order valence-electron chi connectivity index (χ2n) is 5.69. The van der Waals surface area contributed by atoms with Gasteiger partial charge < -0.3 is 16.4 Å². The minimum atomic E-state index is 0.0266. The summed E-state index contributed by atoms with van der Waals surface area (Å²) >= 11 is 0. The SMILES string of the molecule is CCCC(=O)Nc1cccc(CN=C(N)Nc2ccc(C)cc2)c1. The first-order valence-electron chi connectivity index (χ1n) is 8.09. The maximum atomic E-state index is 11.6. The zero-order valence-electron chi connectivity index (χ0n) is 14.2. The van der Waals surface area contributed by atoms with Gasteiger partial charge in [-0.2, -0.15) is 0 Å². The molecule has 2 aromatic carbocycles. The summed E-state index contributed by atoms with van der Waals surface area (Å²) in [6.07, 6.45) is 1.35. The molecule has 0 unspecified atom stereocenters. The van der Waals surface area contributed by atoms with Crippen LogP contribution in [-0.4, -0.2) is 11.9 Å². The molecular weight excluding hydrogens is 300 g/mol. The molecule has 0 aliphatic rings. The number of amides is 1. The van der Waals surface area contributed by atoms with E-state index in [0.717, 1.165) is 23.4 Å². The van der Waals surface area contributed by atoms with Crippen LogP contribution >= 0.6 is 0 Å². The summed E-state index contributed by atoms with van der Waals surface area (Å²) in [6.45, 7) is 4.46. The molecule has 0 aliphatic heterocycles. The van der Waals surface area contributed by atoms with Gasteiger partial charge in [0.15, 0.2) is 5.96 Å². The van der Waals surface area contributed by atoms with Crippen molar-refractivity contribution in [2.24, 2.45) is 10.7 Å². The van der Waals surface area contributed by atoms with Crippen LogP contribution in [0, 0.1) is 6.92 Å². The highest BCUT2D eigenvalue weighted by Crippen LogP contribution is 2.13. The van der Waals surface area contributed by atoms with E-state index in [1.807, 2.05) is 62.4 Å². The van der Waals surface area contributed by atoms with Gasteiger partial charge in [-0.1, -0.05) is 36.8 Å². The monoisotopic (exact) mass is 324 g/mol. The summed E-state index contributed by atoms with van der Waals surface area (Å²) < 4.78 is 0. The highest BCUT2D eigenvalue weighted by molar-refractivity contribution is 5.92. The molecule has 2 rings (SSSR count). The topological polar surface area (TPSA) is 79.5 Å². The molecule has 0 saturated carbocycles. The maximum Gasteiger partial charge on any atom is 0.224 e. The van der Waals surface area contributed by atoms with E-state index in [2.05, 4.69) is 15.6 Å². The number of anilines is 2. The number of carbonyl (C=O) groups excluding carboxylic acids is 1. The number of hydrogen-bond acceptors (Lipinski definition) is 2. The average Bonchev–Trinajstić information content (AvgIpc) is 2.56. The first kappa shape index (κ1) is 17.5. The van der Waals surface area contributed by atoms with Crippen molar-refractivity contribution >= 4 is 23.2 Å². The maximum absolute atomic E-state index is 11.6. The van der Waals surface area contributed by atoms with Crippen LogP contribution in [0.25, 0.3) is 0 Å². The summed E-state index contributed by atoms with van der Waals surface area (Å²) in [5, 5.41) is 5.94. The quantitative estimate of drug-likeness (QED) is 0.560. The van der Waals surface area contributed by atoms with Crippen molar-refractivity contribution in [2.75, 3.05) is 10.6 Å². The Labute approximate surface area is 143 Å². The van der Waals surface area contributed by atoms with E-state index in [4.69, 9.17) is 5.73 Å². The summed E-state index contributed by atoms with van der Waals surface area (Å²) in [4.78, 5) is 16.0. The molecule has 4 N–H and O–H groups in total. The lowest BCUT2D eigenvalue weighted by Gasteiger charge is -2.07. The Morgan fingerprint density at radius 3 is 2.54 bits per heavy atom. The minimum Gasteiger partial charge on any atom is -0.370 e. The number of nitrogens with one attached hydrogen (secondary N) is 2. The largest absolute Gasteiger partial charge is 0.370 e. The van der Waals surface area contributed by atoms with Crippen LogP contribution in [0.3, 0.4) is 0 Å². The smallest absolute Gasteiger partial charge is 0.224 e. The number of nitrogens with zero attached hydrogens (tertiary/aromatic N) is 1. The van der Waals surface area contributed by atoms with Gasteiger partial charge in [-0.05, 0) is 43.2 Å². The Bertz CT molecular complexity index is 708. The lowest BCUT2D eigenvalue weighted by Crippen LogP contribution is -2.22. The third-order valence-corrected chi connectivity index (χ3v) is 3.44. The van der Waals surface area contributed by atoms with Crippen molar-refractivity contribution < 1.29 is 4.79 Å². The van der Waals surface area contributed by atoms with Crippen LogP contribution in [0.15, 0.2) is 53.5 Å².